The molecule has 23 heavy (non-hydrogen) atoms. The van der Waals surface area contributed by atoms with Gasteiger partial charge in [0.15, 0.2) is 0 Å². The standard InChI is InChI=1S/C19H21Cl2NO/c20-16-3-1-15(17(21)8-16)2-4-18(23)22-19-9-12-5-13(10-19)7-14(6-12)11-19/h1-4,8,12-14H,5-7,9-11H2,(H,22,23)/b4-2+. The second kappa shape index (κ2) is 5.82. The summed E-state index contributed by atoms with van der Waals surface area (Å²) in [5.41, 5.74) is 0.872. The summed E-state index contributed by atoms with van der Waals surface area (Å²) in [5, 5.41) is 4.50. The Balaban J connectivity index is 1.45. The second-order valence-electron chi connectivity index (χ2n) is 7.69. The lowest BCUT2D eigenvalue weighted by molar-refractivity contribution is -0.122. The molecule has 122 valence electrons. The molecule has 0 spiro atoms. The van der Waals surface area contributed by atoms with Gasteiger partial charge in [-0.15, -0.1) is 0 Å². The third-order valence-corrected chi connectivity index (χ3v) is 6.37. The summed E-state index contributed by atoms with van der Waals surface area (Å²) < 4.78 is 0. The van der Waals surface area contributed by atoms with Crippen LogP contribution in [0, 0.1) is 17.8 Å². The molecule has 4 aliphatic carbocycles. The van der Waals surface area contributed by atoms with Gasteiger partial charge in [-0.2, -0.15) is 0 Å². The van der Waals surface area contributed by atoms with Crippen LogP contribution in [0.25, 0.3) is 6.08 Å². The van der Waals surface area contributed by atoms with Crippen molar-refractivity contribution < 1.29 is 4.79 Å². The maximum Gasteiger partial charge on any atom is 0.244 e. The Morgan fingerprint density at radius 2 is 1.70 bits per heavy atom. The summed E-state index contributed by atoms with van der Waals surface area (Å²) in [6, 6.07) is 5.31. The fourth-order valence-corrected chi connectivity index (χ4v) is 5.84. The molecule has 0 heterocycles. The molecule has 1 aromatic carbocycles. The van der Waals surface area contributed by atoms with Crippen LogP contribution >= 0.6 is 23.2 Å². The largest absolute Gasteiger partial charge is 0.347 e. The van der Waals surface area contributed by atoms with E-state index in [0.717, 1.165) is 23.3 Å². The first kappa shape index (κ1) is 15.5. The van der Waals surface area contributed by atoms with Gasteiger partial charge < -0.3 is 5.32 Å². The van der Waals surface area contributed by atoms with Crippen LogP contribution in [0.5, 0.6) is 0 Å². The molecule has 1 aromatic rings. The van der Waals surface area contributed by atoms with Crippen molar-refractivity contribution in [3.63, 3.8) is 0 Å². The van der Waals surface area contributed by atoms with Crippen molar-refractivity contribution in [3.8, 4) is 0 Å². The normalized spacial score (nSPS) is 35.0. The number of carbonyl (C=O) groups is 1. The van der Waals surface area contributed by atoms with Crippen LogP contribution in [0.1, 0.15) is 44.1 Å². The molecule has 0 saturated heterocycles. The molecule has 1 N–H and O–H groups in total. The van der Waals surface area contributed by atoms with Crippen LogP contribution in [-0.4, -0.2) is 11.4 Å². The minimum atomic E-state index is -0.00188. The average molecular weight is 350 g/mol. The number of hydrogen-bond acceptors (Lipinski definition) is 1. The van der Waals surface area contributed by atoms with Crippen LogP contribution in [0.2, 0.25) is 10.0 Å². The Morgan fingerprint density at radius 3 is 2.26 bits per heavy atom. The molecule has 0 unspecified atom stereocenters. The summed E-state index contributed by atoms with van der Waals surface area (Å²) in [6.07, 6.45) is 11.0. The summed E-state index contributed by atoms with van der Waals surface area (Å²) >= 11 is 12.0. The Labute approximate surface area is 147 Å². The minimum Gasteiger partial charge on any atom is -0.347 e. The molecule has 0 aliphatic heterocycles. The van der Waals surface area contributed by atoms with Gasteiger partial charge in [0.2, 0.25) is 5.91 Å². The first-order chi connectivity index (χ1) is 11.0. The van der Waals surface area contributed by atoms with Crippen LogP contribution in [0.4, 0.5) is 0 Å². The van der Waals surface area contributed by atoms with E-state index in [1.165, 1.54) is 38.5 Å². The predicted molar refractivity (Wildman–Crippen MR) is 94.5 cm³/mol. The summed E-state index contributed by atoms with van der Waals surface area (Å²) in [5.74, 6) is 2.49. The maximum atomic E-state index is 12.4. The Hall–Kier alpha value is -0.990. The van der Waals surface area contributed by atoms with Crippen LogP contribution in [0.15, 0.2) is 24.3 Å². The van der Waals surface area contributed by atoms with Gasteiger partial charge in [0.1, 0.15) is 0 Å². The van der Waals surface area contributed by atoms with Gasteiger partial charge in [-0.25, -0.2) is 0 Å². The van der Waals surface area contributed by atoms with E-state index in [2.05, 4.69) is 5.32 Å². The van der Waals surface area contributed by atoms with E-state index in [4.69, 9.17) is 23.2 Å². The molecular weight excluding hydrogens is 329 g/mol. The molecule has 0 aromatic heterocycles. The van der Waals surface area contributed by atoms with Gasteiger partial charge in [-0.05, 0) is 80.1 Å². The molecule has 1 amide bonds. The second-order valence-corrected chi connectivity index (χ2v) is 8.53. The summed E-state index contributed by atoms with van der Waals surface area (Å²) in [7, 11) is 0. The van der Waals surface area contributed by atoms with Crippen molar-refractivity contribution >= 4 is 35.2 Å². The van der Waals surface area contributed by atoms with E-state index >= 15 is 0 Å². The number of nitrogens with one attached hydrogen (secondary N) is 1. The molecule has 4 heteroatoms. The Kier molecular flexibility index (Phi) is 3.93. The van der Waals surface area contributed by atoms with E-state index in [1.807, 2.05) is 6.07 Å². The molecule has 4 aliphatic rings. The highest BCUT2D eigenvalue weighted by Gasteiger charge is 2.51. The predicted octanol–water partition coefficient (Wildman–Crippen LogP) is 5.09. The van der Waals surface area contributed by atoms with Crippen molar-refractivity contribution in [2.45, 2.75) is 44.1 Å². The van der Waals surface area contributed by atoms with Crippen molar-refractivity contribution in [1.82, 2.24) is 5.32 Å². The van der Waals surface area contributed by atoms with Gasteiger partial charge >= 0.3 is 0 Å². The number of carbonyl (C=O) groups excluding carboxylic acids is 1. The molecule has 4 bridgehead atoms. The molecule has 2 nitrogen and oxygen atoms in total. The fourth-order valence-electron chi connectivity index (χ4n) is 5.37. The zero-order valence-corrected chi connectivity index (χ0v) is 14.5. The maximum absolute atomic E-state index is 12.4. The number of amides is 1. The summed E-state index contributed by atoms with van der Waals surface area (Å²) in [4.78, 5) is 12.4. The quantitative estimate of drug-likeness (QED) is 0.756. The van der Waals surface area contributed by atoms with E-state index in [0.29, 0.717) is 10.0 Å². The smallest absolute Gasteiger partial charge is 0.244 e. The van der Waals surface area contributed by atoms with Gasteiger partial charge in [-0.3, -0.25) is 4.79 Å². The number of hydrogen-bond donors (Lipinski definition) is 1. The van der Waals surface area contributed by atoms with E-state index in [9.17, 15) is 4.79 Å². The molecule has 5 rings (SSSR count). The highest BCUT2D eigenvalue weighted by Crippen LogP contribution is 2.55. The minimum absolute atomic E-state index is 0.00188. The first-order valence-corrected chi connectivity index (χ1v) is 9.22. The Bertz CT molecular complexity index is 632. The lowest BCUT2D eigenvalue weighted by Crippen LogP contribution is -2.59. The van der Waals surface area contributed by atoms with Crippen LogP contribution < -0.4 is 5.32 Å². The van der Waals surface area contributed by atoms with Crippen LogP contribution in [0.3, 0.4) is 0 Å². The number of benzene rings is 1. The average Bonchev–Trinajstić information content (AvgIpc) is 2.44. The fraction of sp³-hybridized carbons (Fsp3) is 0.526. The molecule has 0 atom stereocenters. The molecular formula is C19H21Cl2NO. The van der Waals surface area contributed by atoms with Gasteiger partial charge in [0, 0.05) is 21.7 Å². The van der Waals surface area contributed by atoms with Gasteiger partial charge in [0.25, 0.3) is 0 Å². The highest BCUT2D eigenvalue weighted by atomic mass is 35.5. The number of rotatable bonds is 3. The van der Waals surface area contributed by atoms with Gasteiger partial charge in [-0.1, -0.05) is 29.3 Å². The molecule has 4 fully saturated rings. The monoisotopic (exact) mass is 349 g/mol. The zero-order valence-electron chi connectivity index (χ0n) is 13.0. The topological polar surface area (TPSA) is 29.1 Å². The highest BCUT2D eigenvalue weighted by molar-refractivity contribution is 6.35. The Morgan fingerprint density at radius 1 is 1.09 bits per heavy atom. The van der Waals surface area contributed by atoms with E-state index < -0.39 is 0 Å². The van der Waals surface area contributed by atoms with Crippen LogP contribution in [-0.2, 0) is 4.79 Å². The first-order valence-electron chi connectivity index (χ1n) is 8.47. The zero-order chi connectivity index (χ0) is 16.0. The summed E-state index contributed by atoms with van der Waals surface area (Å²) in [6.45, 7) is 0. The van der Waals surface area contributed by atoms with Crippen molar-refractivity contribution in [2.75, 3.05) is 0 Å². The van der Waals surface area contributed by atoms with Gasteiger partial charge in [0.05, 0.1) is 0 Å². The lowest BCUT2D eigenvalue weighted by Gasteiger charge is -2.56. The van der Waals surface area contributed by atoms with E-state index in [-0.39, 0.29) is 11.4 Å². The molecule has 0 radical (unpaired) electrons. The molecule has 4 saturated carbocycles. The van der Waals surface area contributed by atoms with Crippen molar-refractivity contribution in [2.24, 2.45) is 17.8 Å². The lowest BCUT2D eigenvalue weighted by atomic mass is 9.53. The van der Waals surface area contributed by atoms with Crippen molar-refractivity contribution in [3.05, 3.63) is 39.9 Å². The third kappa shape index (κ3) is 3.16. The van der Waals surface area contributed by atoms with E-state index in [1.54, 1.807) is 24.3 Å². The van der Waals surface area contributed by atoms with Crippen molar-refractivity contribution in [1.29, 1.82) is 0 Å². The number of halogens is 2. The SMILES string of the molecule is O=C(/C=C/c1ccc(Cl)cc1Cl)NC12CC3CC(CC(C3)C1)C2. The third-order valence-electron chi connectivity index (χ3n) is 5.80.